The Bertz CT molecular complexity index is 1370. The maximum absolute atomic E-state index is 12.2. The maximum atomic E-state index is 12.2. The van der Waals surface area contributed by atoms with Gasteiger partial charge < -0.3 is 14.7 Å². The van der Waals surface area contributed by atoms with Gasteiger partial charge in [-0.3, -0.25) is 9.55 Å². The van der Waals surface area contributed by atoms with Crippen LogP contribution in [0.25, 0.3) is 27.6 Å². The van der Waals surface area contributed by atoms with Crippen LogP contribution < -0.4 is 4.90 Å². The molecular weight excluding hydrogens is 404 g/mol. The fraction of sp³-hybridized carbons (Fsp3) is 0.320. The largest absolute Gasteiger partial charge is 0.478 e. The maximum Gasteiger partial charge on any atom is 0.338 e. The minimum absolute atomic E-state index is 0.233. The standard InChI is InChI=1S/C25H24N4O3/c1-15-27-23-19(25(30)31)12-17(28-8-10-32-11-9-28)13-22(23)29(15)24-18-4-2-3-5-21(18)26-14-20(24)16-6-7-16/h2-5,12-14,16H,6-11H2,1H3,(H,30,31). The van der Waals surface area contributed by atoms with Crippen molar-refractivity contribution in [1.82, 2.24) is 14.5 Å². The van der Waals surface area contributed by atoms with Crippen molar-refractivity contribution < 1.29 is 14.6 Å². The smallest absolute Gasteiger partial charge is 0.338 e. The van der Waals surface area contributed by atoms with Crippen molar-refractivity contribution in [3.05, 3.63) is 59.5 Å². The lowest BCUT2D eigenvalue weighted by atomic mass is 10.0. The molecule has 162 valence electrons. The molecule has 0 unspecified atom stereocenters. The van der Waals surface area contributed by atoms with Crippen LogP contribution in [0.2, 0.25) is 0 Å². The second-order valence-corrected chi connectivity index (χ2v) is 8.61. The number of aromatic carboxylic acids is 1. The summed E-state index contributed by atoms with van der Waals surface area (Å²) in [7, 11) is 0. The predicted molar refractivity (Wildman–Crippen MR) is 123 cm³/mol. The number of hydrogen-bond donors (Lipinski definition) is 1. The van der Waals surface area contributed by atoms with Crippen LogP contribution in [0.3, 0.4) is 0 Å². The van der Waals surface area contributed by atoms with Gasteiger partial charge in [0, 0.05) is 30.4 Å². The van der Waals surface area contributed by atoms with Gasteiger partial charge in [-0.15, -0.1) is 0 Å². The molecule has 0 spiro atoms. The molecule has 2 aliphatic rings. The Morgan fingerprint density at radius 1 is 1.16 bits per heavy atom. The first-order valence-electron chi connectivity index (χ1n) is 11.1. The van der Waals surface area contributed by atoms with Crippen LogP contribution in [-0.2, 0) is 4.74 Å². The quantitative estimate of drug-likeness (QED) is 0.522. The number of morpholine rings is 1. The van der Waals surface area contributed by atoms with Crippen molar-refractivity contribution >= 4 is 33.6 Å². The van der Waals surface area contributed by atoms with Crippen molar-refractivity contribution in [3.8, 4) is 5.69 Å². The van der Waals surface area contributed by atoms with E-state index < -0.39 is 5.97 Å². The molecule has 0 amide bonds. The highest BCUT2D eigenvalue weighted by molar-refractivity contribution is 6.04. The Morgan fingerprint density at radius 3 is 2.69 bits per heavy atom. The van der Waals surface area contributed by atoms with E-state index in [0.717, 1.165) is 59.5 Å². The number of hydrogen-bond acceptors (Lipinski definition) is 5. The molecule has 1 aliphatic carbocycles. The summed E-state index contributed by atoms with van der Waals surface area (Å²) in [6.07, 6.45) is 4.29. The molecule has 1 saturated carbocycles. The van der Waals surface area contributed by atoms with E-state index in [0.29, 0.717) is 24.6 Å². The Hall–Kier alpha value is -3.45. The Balaban J connectivity index is 1.67. The number of para-hydroxylation sites is 1. The number of ether oxygens (including phenoxy) is 1. The molecule has 2 fully saturated rings. The van der Waals surface area contributed by atoms with Gasteiger partial charge in [-0.2, -0.15) is 0 Å². The molecule has 1 saturated heterocycles. The number of carbonyl (C=O) groups is 1. The first-order valence-corrected chi connectivity index (χ1v) is 11.1. The van der Waals surface area contributed by atoms with Crippen molar-refractivity contribution in [2.75, 3.05) is 31.2 Å². The lowest BCUT2D eigenvalue weighted by Gasteiger charge is -2.29. The molecule has 3 heterocycles. The van der Waals surface area contributed by atoms with Gasteiger partial charge in [0.05, 0.1) is 35.5 Å². The summed E-state index contributed by atoms with van der Waals surface area (Å²) in [6.45, 7) is 4.71. The van der Waals surface area contributed by atoms with Gasteiger partial charge >= 0.3 is 5.97 Å². The number of pyridine rings is 1. The summed E-state index contributed by atoms with van der Waals surface area (Å²) < 4.78 is 7.64. The fourth-order valence-corrected chi connectivity index (χ4v) is 4.81. The van der Waals surface area contributed by atoms with Crippen molar-refractivity contribution in [2.45, 2.75) is 25.7 Å². The number of fused-ring (bicyclic) bond motifs is 2. The summed E-state index contributed by atoms with van der Waals surface area (Å²) in [5.41, 5.74) is 5.68. The zero-order valence-electron chi connectivity index (χ0n) is 17.9. The van der Waals surface area contributed by atoms with Crippen LogP contribution in [0, 0.1) is 6.92 Å². The lowest BCUT2D eigenvalue weighted by Crippen LogP contribution is -2.36. The SMILES string of the molecule is Cc1nc2c(C(=O)O)cc(N3CCOCC3)cc2n1-c1c(C2CC2)cnc2ccccc12. The van der Waals surface area contributed by atoms with E-state index in [-0.39, 0.29) is 5.56 Å². The van der Waals surface area contributed by atoms with E-state index in [1.807, 2.05) is 31.3 Å². The Morgan fingerprint density at radius 2 is 1.94 bits per heavy atom. The first-order chi connectivity index (χ1) is 15.6. The van der Waals surface area contributed by atoms with Crippen LogP contribution in [0.4, 0.5) is 5.69 Å². The number of anilines is 1. The minimum Gasteiger partial charge on any atom is -0.478 e. The molecular formula is C25H24N4O3. The normalized spacial score (nSPS) is 16.7. The highest BCUT2D eigenvalue weighted by Gasteiger charge is 2.30. The van der Waals surface area contributed by atoms with E-state index in [4.69, 9.17) is 14.7 Å². The molecule has 1 N–H and O–H groups in total. The molecule has 7 nitrogen and oxygen atoms in total. The summed E-state index contributed by atoms with van der Waals surface area (Å²) in [5.74, 6) is 0.303. The van der Waals surface area contributed by atoms with Crippen molar-refractivity contribution in [3.63, 3.8) is 0 Å². The topological polar surface area (TPSA) is 80.5 Å². The van der Waals surface area contributed by atoms with E-state index in [1.54, 1.807) is 6.07 Å². The molecule has 32 heavy (non-hydrogen) atoms. The third kappa shape index (κ3) is 3.04. The Kier molecular flexibility index (Phi) is 4.40. The average molecular weight is 428 g/mol. The first kappa shape index (κ1) is 19.3. The van der Waals surface area contributed by atoms with E-state index in [1.165, 1.54) is 5.56 Å². The van der Waals surface area contributed by atoms with Gasteiger partial charge in [-0.1, -0.05) is 18.2 Å². The Labute approximate surface area is 185 Å². The third-order valence-electron chi connectivity index (χ3n) is 6.54. The molecule has 2 aromatic carbocycles. The third-order valence-corrected chi connectivity index (χ3v) is 6.54. The molecule has 1 aliphatic heterocycles. The fourth-order valence-electron chi connectivity index (χ4n) is 4.81. The van der Waals surface area contributed by atoms with Gasteiger partial charge in [0.25, 0.3) is 0 Å². The molecule has 0 radical (unpaired) electrons. The van der Waals surface area contributed by atoms with E-state index in [9.17, 15) is 9.90 Å². The van der Waals surface area contributed by atoms with Crippen LogP contribution in [0.15, 0.2) is 42.6 Å². The number of carboxylic acid groups (broad SMARTS) is 1. The van der Waals surface area contributed by atoms with Crippen molar-refractivity contribution in [1.29, 1.82) is 0 Å². The summed E-state index contributed by atoms with van der Waals surface area (Å²) in [5, 5.41) is 11.1. The van der Waals surface area contributed by atoms with E-state index >= 15 is 0 Å². The van der Waals surface area contributed by atoms with E-state index in [2.05, 4.69) is 21.6 Å². The van der Waals surface area contributed by atoms with Crippen molar-refractivity contribution in [2.24, 2.45) is 0 Å². The summed E-state index contributed by atoms with van der Waals surface area (Å²) >= 11 is 0. The van der Waals surface area contributed by atoms with Crippen LogP contribution in [0.1, 0.15) is 40.5 Å². The molecule has 4 aromatic rings. The van der Waals surface area contributed by atoms with Gasteiger partial charge in [-0.05, 0) is 49.4 Å². The van der Waals surface area contributed by atoms with Crippen LogP contribution in [-0.4, -0.2) is 51.9 Å². The number of imidazole rings is 1. The van der Waals surface area contributed by atoms with Gasteiger partial charge in [-0.25, -0.2) is 9.78 Å². The van der Waals surface area contributed by atoms with Gasteiger partial charge in [0.15, 0.2) is 0 Å². The highest BCUT2D eigenvalue weighted by atomic mass is 16.5. The number of aromatic nitrogens is 3. The molecule has 2 aromatic heterocycles. The number of rotatable bonds is 4. The molecule has 7 heteroatoms. The number of carboxylic acids is 1. The van der Waals surface area contributed by atoms with Gasteiger partial charge in [0.2, 0.25) is 0 Å². The number of nitrogens with zero attached hydrogens (tertiary/aromatic N) is 4. The molecule has 0 atom stereocenters. The second kappa shape index (κ2) is 7.31. The molecule has 6 rings (SSSR count). The van der Waals surface area contributed by atoms with Gasteiger partial charge in [0.1, 0.15) is 11.3 Å². The summed E-state index contributed by atoms with van der Waals surface area (Å²) in [6, 6.07) is 12.0. The average Bonchev–Trinajstić information content (AvgIpc) is 3.60. The lowest BCUT2D eigenvalue weighted by molar-refractivity contribution is 0.0699. The predicted octanol–water partition coefficient (Wildman–Crippen LogP) is 4.29. The second-order valence-electron chi connectivity index (χ2n) is 8.61. The zero-order chi connectivity index (χ0) is 21.8. The number of aryl methyl sites for hydroxylation is 1. The minimum atomic E-state index is -0.961. The van der Waals surface area contributed by atoms with Crippen LogP contribution >= 0.6 is 0 Å². The number of benzene rings is 2. The monoisotopic (exact) mass is 428 g/mol. The van der Waals surface area contributed by atoms with Crippen LogP contribution in [0.5, 0.6) is 0 Å². The zero-order valence-corrected chi connectivity index (χ0v) is 17.9. The molecule has 0 bridgehead atoms. The highest BCUT2D eigenvalue weighted by Crippen LogP contribution is 2.45. The summed E-state index contributed by atoms with van der Waals surface area (Å²) in [4.78, 5) is 23.8.